The van der Waals surface area contributed by atoms with Crippen LogP contribution in [0.3, 0.4) is 0 Å². The van der Waals surface area contributed by atoms with Crippen molar-refractivity contribution in [1.29, 1.82) is 0 Å². The molecule has 0 spiro atoms. The average Bonchev–Trinajstić information content (AvgIpc) is 1.99. The van der Waals surface area contributed by atoms with Crippen molar-refractivity contribution in [3.05, 3.63) is 0 Å². The lowest BCUT2D eigenvalue weighted by Crippen LogP contribution is -2.32. The summed E-state index contributed by atoms with van der Waals surface area (Å²) >= 11 is 0. The Bertz CT molecular complexity index is 168. The molecule has 0 aliphatic heterocycles. The van der Waals surface area contributed by atoms with E-state index in [4.69, 9.17) is 4.74 Å². The molecule has 4 heteroatoms. The molecule has 1 unspecified atom stereocenters. The van der Waals surface area contributed by atoms with E-state index < -0.39 is 0 Å². The zero-order valence-electron chi connectivity index (χ0n) is 7.72. The zero-order valence-corrected chi connectivity index (χ0v) is 7.72. The first-order chi connectivity index (χ1) is 5.56. The predicted octanol–water partition coefficient (Wildman–Crippen LogP) is 0.464. The van der Waals surface area contributed by atoms with Gasteiger partial charge in [-0.3, -0.25) is 14.9 Å². The summed E-state index contributed by atoms with van der Waals surface area (Å²) in [5, 5.41) is 2.12. The van der Waals surface area contributed by atoms with Crippen molar-refractivity contribution < 1.29 is 14.3 Å². The Kier molecular flexibility index (Phi) is 5.28. The van der Waals surface area contributed by atoms with Crippen LogP contribution in [0.4, 0.5) is 0 Å². The Morgan fingerprint density at radius 1 is 1.50 bits per heavy atom. The van der Waals surface area contributed by atoms with E-state index in [1.807, 2.05) is 13.8 Å². The standard InChI is InChI=1S/C8H15NO3/c1-4-6(2)12-5-8(11)9-7(3)10/h6H,4-5H2,1-3H3,(H,9,10,11). The van der Waals surface area contributed by atoms with Gasteiger partial charge in [0.05, 0.1) is 6.10 Å². The van der Waals surface area contributed by atoms with E-state index in [0.717, 1.165) is 6.42 Å². The fourth-order valence-electron chi connectivity index (χ4n) is 0.568. The van der Waals surface area contributed by atoms with Gasteiger partial charge in [-0.2, -0.15) is 0 Å². The molecule has 12 heavy (non-hydrogen) atoms. The minimum absolute atomic E-state index is 0.0470. The second kappa shape index (κ2) is 5.71. The van der Waals surface area contributed by atoms with Gasteiger partial charge in [0.2, 0.25) is 5.91 Å². The number of hydrogen-bond acceptors (Lipinski definition) is 3. The van der Waals surface area contributed by atoms with Crippen LogP contribution in [0.1, 0.15) is 27.2 Å². The third kappa shape index (κ3) is 5.85. The number of rotatable bonds is 4. The van der Waals surface area contributed by atoms with Crippen molar-refractivity contribution >= 4 is 11.8 Å². The number of nitrogens with one attached hydrogen (secondary N) is 1. The van der Waals surface area contributed by atoms with Gasteiger partial charge in [-0.15, -0.1) is 0 Å². The number of hydrogen-bond donors (Lipinski definition) is 1. The highest BCUT2D eigenvalue weighted by molar-refractivity contribution is 5.94. The van der Waals surface area contributed by atoms with Crippen LogP contribution in [0.5, 0.6) is 0 Å². The highest BCUT2D eigenvalue weighted by Crippen LogP contribution is 1.94. The van der Waals surface area contributed by atoms with Crippen LogP contribution in [0.15, 0.2) is 0 Å². The minimum atomic E-state index is -0.386. The molecule has 0 aromatic carbocycles. The van der Waals surface area contributed by atoms with Gasteiger partial charge in [0.25, 0.3) is 5.91 Å². The van der Waals surface area contributed by atoms with Crippen LogP contribution in [0, 0.1) is 0 Å². The lowest BCUT2D eigenvalue weighted by Gasteiger charge is -2.08. The van der Waals surface area contributed by atoms with Gasteiger partial charge in [-0.05, 0) is 13.3 Å². The molecular formula is C8H15NO3. The van der Waals surface area contributed by atoms with Crippen LogP contribution >= 0.6 is 0 Å². The third-order valence-corrected chi connectivity index (χ3v) is 1.39. The fraction of sp³-hybridized carbons (Fsp3) is 0.750. The summed E-state index contributed by atoms with van der Waals surface area (Å²) in [6.45, 7) is 5.09. The minimum Gasteiger partial charge on any atom is -0.369 e. The molecule has 2 amide bonds. The van der Waals surface area contributed by atoms with Gasteiger partial charge in [0.15, 0.2) is 0 Å². The number of carbonyl (C=O) groups excluding carboxylic acids is 2. The number of imide groups is 1. The molecule has 0 rings (SSSR count). The topological polar surface area (TPSA) is 55.4 Å². The molecule has 1 atom stereocenters. The van der Waals surface area contributed by atoms with Gasteiger partial charge >= 0.3 is 0 Å². The molecule has 0 aromatic heterocycles. The van der Waals surface area contributed by atoms with Crippen LogP contribution in [-0.4, -0.2) is 24.5 Å². The molecule has 0 bridgehead atoms. The molecule has 0 heterocycles. The second-order valence-electron chi connectivity index (χ2n) is 2.63. The SMILES string of the molecule is CCC(C)OCC(=O)NC(C)=O. The Hall–Kier alpha value is -0.900. The number of carbonyl (C=O) groups is 2. The van der Waals surface area contributed by atoms with E-state index in [0.29, 0.717) is 0 Å². The van der Waals surface area contributed by atoms with Crippen molar-refractivity contribution in [3.63, 3.8) is 0 Å². The molecule has 0 radical (unpaired) electrons. The summed E-state index contributed by atoms with van der Waals surface area (Å²) in [7, 11) is 0. The first-order valence-corrected chi connectivity index (χ1v) is 3.98. The van der Waals surface area contributed by atoms with Crippen LogP contribution in [0.25, 0.3) is 0 Å². The van der Waals surface area contributed by atoms with E-state index >= 15 is 0 Å². The van der Waals surface area contributed by atoms with Gasteiger partial charge in [-0.1, -0.05) is 6.92 Å². The quantitative estimate of drug-likeness (QED) is 0.672. The predicted molar refractivity (Wildman–Crippen MR) is 44.5 cm³/mol. The third-order valence-electron chi connectivity index (χ3n) is 1.39. The molecule has 0 aromatic rings. The van der Waals surface area contributed by atoms with Crippen molar-refractivity contribution in [3.8, 4) is 0 Å². The van der Waals surface area contributed by atoms with E-state index in [1.165, 1.54) is 6.92 Å². The Morgan fingerprint density at radius 2 is 2.08 bits per heavy atom. The summed E-state index contributed by atoms with van der Waals surface area (Å²) in [6.07, 6.45) is 0.913. The maximum atomic E-state index is 10.8. The fourth-order valence-corrected chi connectivity index (χ4v) is 0.568. The number of amides is 2. The van der Waals surface area contributed by atoms with Gasteiger partial charge in [0.1, 0.15) is 6.61 Å². The normalized spacial score (nSPS) is 12.2. The zero-order chi connectivity index (χ0) is 9.56. The van der Waals surface area contributed by atoms with Gasteiger partial charge in [-0.25, -0.2) is 0 Å². The maximum absolute atomic E-state index is 10.8. The molecule has 4 nitrogen and oxygen atoms in total. The van der Waals surface area contributed by atoms with Crippen LogP contribution in [0.2, 0.25) is 0 Å². The monoisotopic (exact) mass is 173 g/mol. The summed E-state index contributed by atoms with van der Waals surface area (Å²) in [5.41, 5.74) is 0. The number of ether oxygens (including phenoxy) is 1. The van der Waals surface area contributed by atoms with Crippen molar-refractivity contribution in [2.24, 2.45) is 0 Å². The summed E-state index contributed by atoms with van der Waals surface area (Å²) in [4.78, 5) is 21.2. The van der Waals surface area contributed by atoms with Crippen molar-refractivity contribution in [1.82, 2.24) is 5.32 Å². The summed E-state index contributed by atoms with van der Waals surface area (Å²) in [6, 6.07) is 0. The molecule has 0 aliphatic carbocycles. The van der Waals surface area contributed by atoms with E-state index in [9.17, 15) is 9.59 Å². The highest BCUT2D eigenvalue weighted by atomic mass is 16.5. The smallest absolute Gasteiger partial charge is 0.252 e. The first-order valence-electron chi connectivity index (χ1n) is 3.98. The van der Waals surface area contributed by atoms with E-state index in [1.54, 1.807) is 0 Å². The molecule has 1 N–H and O–H groups in total. The Balaban J connectivity index is 3.50. The summed E-state index contributed by atoms with van der Waals surface area (Å²) in [5.74, 6) is -0.740. The van der Waals surface area contributed by atoms with Gasteiger partial charge < -0.3 is 4.74 Å². The van der Waals surface area contributed by atoms with Crippen molar-refractivity contribution in [2.45, 2.75) is 33.3 Å². The van der Waals surface area contributed by atoms with Gasteiger partial charge in [0, 0.05) is 6.92 Å². The lowest BCUT2D eigenvalue weighted by atomic mass is 10.3. The van der Waals surface area contributed by atoms with E-state index in [-0.39, 0.29) is 24.5 Å². The van der Waals surface area contributed by atoms with Crippen LogP contribution in [-0.2, 0) is 14.3 Å². The maximum Gasteiger partial charge on any atom is 0.252 e. The second-order valence-corrected chi connectivity index (χ2v) is 2.63. The molecular weight excluding hydrogens is 158 g/mol. The molecule has 0 fully saturated rings. The van der Waals surface area contributed by atoms with E-state index in [2.05, 4.69) is 5.32 Å². The molecule has 0 aliphatic rings. The summed E-state index contributed by atoms with van der Waals surface area (Å²) < 4.78 is 5.09. The largest absolute Gasteiger partial charge is 0.369 e. The lowest BCUT2D eigenvalue weighted by molar-refractivity contribution is -0.133. The highest BCUT2D eigenvalue weighted by Gasteiger charge is 2.05. The molecule has 0 saturated carbocycles. The first kappa shape index (κ1) is 11.1. The molecule has 0 saturated heterocycles. The van der Waals surface area contributed by atoms with Crippen LogP contribution < -0.4 is 5.32 Å². The Morgan fingerprint density at radius 3 is 2.50 bits per heavy atom. The van der Waals surface area contributed by atoms with Crippen molar-refractivity contribution in [2.75, 3.05) is 6.61 Å². The average molecular weight is 173 g/mol. The molecule has 70 valence electrons. The Labute approximate surface area is 72.3 Å².